The summed E-state index contributed by atoms with van der Waals surface area (Å²) in [5.74, 6) is -0.190. The van der Waals surface area contributed by atoms with Crippen molar-refractivity contribution in [1.29, 1.82) is 0 Å². The molecule has 0 radical (unpaired) electrons. The number of hydrazone groups is 2. The van der Waals surface area contributed by atoms with E-state index < -0.39 is 9.85 Å². The van der Waals surface area contributed by atoms with Crippen molar-refractivity contribution in [3.05, 3.63) is 67.8 Å². The first-order valence-electron chi connectivity index (χ1n) is 8.13. The Kier molecular flexibility index (Phi) is 9.84. The summed E-state index contributed by atoms with van der Waals surface area (Å²) in [7, 11) is 0. The molecule has 0 aromatic heterocycles. The maximum absolute atomic E-state index is 10.6. The predicted octanol–water partition coefficient (Wildman–Crippen LogP) is 0.935. The minimum atomic E-state index is -0.582. The van der Waals surface area contributed by atoms with Crippen molar-refractivity contribution in [2.45, 2.75) is 0 Å². The molecule has 0 unspecified atom stereocenters. The summed E-state index contributed by atoms with van der Waals surface area (Å²) in [6.07, 6.45) is 2.30. The van der Waals surface area contributed by atoms with Crippen molar-refractivity contribution >= 4 is 58.5 Å². The van der Waals surface area contributed by atoms with E-state index in [1.165, 1.54) is 36.4 Å². The topological polar surface area (TPSA) is 228 Å². The Balaban J connectivity index is 0.000000320. The summed E-state index contributed by atoms with van der Waals surface area (Å²) >= 11 is 8.98. The second kappa shape index (κ2) is 12.3. The van der Waals surface area contributed by atoms with Crippen molar-refractivity contribution in [1.82, 2.24) is 10.9 Å². The highest BCUT2D eigenvalue weighted by Gasteiger charge is 2.13. The van der Waals surface area contributed by atoms with Gasteiger partial charge in [0.05, 0.1) is 33.4 Å². The van der Waals surface area contributed by atoms with Crippen molar-refractivity contribution < 1.29 is 20.1 Å². The average molecular weight is 480 g/mol. The van der Waals surface area contributed by atoms with Crippen LogP contribution < -0.4 is 22.3 Å². The largest absolute Gasteiger partial charge is 0.508 e. The third-order valence-electron chi connectivity index (χ3n) is 3.17. The van der Waals surface area contributed by atoms with E-state index in [0.717, 1.165) is 12.4 Å². The number of aromatic hydroxyl groups is 2. The molecule has 0 saturated heterocycles. The molecule has 0 aliphatic rings. The first-order valence-corrected chi connectivity index (χ1v) is 8.94. The number of phenols is 2. The van der Waals surface area contributed by atoms with E-state index in [2.05, 4.69) is 45.5 Å². The van der Waals surface area contributed by atoms with Crippen LogP contribution in [-0.2, 0) is 0 Å². The molecular weight excluding hydrogens is 464 g/mol. The number of nitrogens with zero attached hydrogens (tertiary/aromatic N) is 4. The highest BCUT2D eigenvalue weighted by atomic mass is 32.1. The van der Waals surface area contributed by atoms with Gasteiger partial charge in [0.15, 0.2) is 10.2 Å². The van der Waals surface area contributed by atoms with E-state index in [-0.39, 0.29) is 44.2 Å². The molecule has 14 nitrogen and oxygen atoms in total. The maximum atomic E-state index is 10.6. The predicted molar refractivity (Wildman–Crippen MR) is 125 cm³/mol. The zero-order chi connectivity index (χ0) is 24.3. The lowest BCUT2D eigenvalue weighted by Crippen LogP contribution is -2.24. The molecule has 2 aromatic rings. The summed E-state index contributed by atoms with van der Waals surface area (Å²) in [5.41, 5.74) is 14.7. The highest BCUT2D eigenvalue weighted by Crippen LogP contribution is 2.22. The van der Waals surface area contributed by atoms with Gasteiger partial charge in [0.25, 0.3) is 11.4 Å². The first-order chi connectivity index (χ1) is 15.0. The molecular formula is C16H16N8O6S2. The lowest BCUT2D eigenvalue weighted by atomic mass is 10.2. The Bertz CT molecular complexity index is 1010. The van der Waals surface area contributed by atoms with Crippen LogP contribution in [0, 0.1) is 20.2 Å². The zero-order valence-electron chi connectivity index (χ0n) is 15.9. The number of nitrogens with one attached hydrogen (secondary N) is 2. The van der Waals surface area contributed by atoms with Crippen LogP contribution in [0.3, 0.4) is 0 Å². The van der Waals surface area contributed by atoms with Gasteiger partial charge >= 0.3 is 0 Å². The number of rotatable bonds is 6. The lowest BCUT2D eigenvalue weighted by molar-refractivity contribution is -0.385. The van der Waals surface area contributed by atoms with Crippen LogP contribution in [-0.4, -0.2) is 42.7 Å². The Morgan fingerprint density at radius 1 is 0.844 bits per heavy atom. The van der Waals surface area contributed by atoms with E-state index in [1.807, 2.05) is 0 Å². The highest BCUT2D eigenvalue weighted by molar-refractivity contribution is 7.80. The fourth-order valence-electron chi connectivity index (χ4n) is 1.95. The van der Waals surface area contributed by atoms with Gasteiger partial charge in [-0.1, -0.05) is 0 Å². The van der Waals surface area contributed by atoms with Crippen LogP contribution in [0.25, 0.3) is 0 Å². The minimum absolute atomic E-state index is 0.0564. The van der Waals surface area contributed by atoms with Crippen LogP contribution >= 0.6 is 24.4 Å². The number of nitrogens with two attached hydrogens (primary N) is 2. The van der Waals surface area contributed by atoms with Crippen molar-refractivity contribution in [3.8, 4) is 11.5 Å². The summed E-state index contributed by atoms with van der Waals surface area (Å²) in [4.78, 5) is 20.1. The molecule has 0 aliphatic heterocycles. The minimum Gasteiger partial charge on any atom is -0.508 e. The fraction of sp³-hybridized carbons (Fsp3) is 0. The number of nitro groups is 2. The third-order valence-corrected chi connectivity index (χ3v) is 3.35. The molecule has 0 bridgehead atoms. The number of phenolic OH excluding ortho intramolecular Hbond substituents is 2. The smallest absolute Gasteiger partial charge is 0.278 e. The molecule has 0 aliphatic carbocycles. The normalized spacial score (nSPS) is 10.2. The summed E-state index contributed by atoms with van der Waals surface area (Å²) in [6.45, 7) is 0. The van der Waals surface area contributed by atoms with Crippen LogP contribution in [0.5, 0.6) is 11.5 Å². The van der Waals surface area contributed by atoms with Crippen LogP contribution in [0.1, 0.15) is 11.1 Å². The molecule has 0 atom stereocenters. The van der Waals surface area contributed by atoms with Gasteiger partial charge in [-0.25, -0.2) is 0 Å². The Morgan fingerprint density at radius 3 is 1.47 bits per heavy atom. The average Bonchev–Trinajstić information content (AvgIpc) is 2.67. The summed E-state index contributed by atoms with van der Waals surface area (Å²) in [6, 6.07) is 7.22. The van der Waals surface area contributed by atoms with Gasteiger partial charge in [0.1, 0.15) is 11.5 Å². The van der Waals surface area contributed by atoms with Gasteiger partial charge in [0, 0.05) is 12.1 Å². The van der Waals surface area contributed by atoms with E-state index >= 15 is 0 Å². The summed E-state index contributed by atoms with van der Waals surface area (Å²) in [5, 5.41) is 46.6. The van der Waals surface area contributed by atoms with Gasteiger partial charge in [-0.15, -0.1) is 0 Å². The van der Waals surface area contributed by atoms with E-state index in [1.54, 1.807) is 0 Å². The van der Waals surface area contributed by atoms with E-state index in [9.17, 15) is 30.4 Å². The second-order valence-corrected chi connectivity index (χ2v) is 6.35. The third kappa shape index (κ3) is 8.93. The van der Waals surface area contributed by atoms with Gasteiger partial charge in [-0.05, 0) is 48.7 Å². The molecule has 0 heterocycles. The standard InChI is InChI=1S/2C8H8N4O3S/c2*9-8(16)11-10-4-5-3-6(13)1-2-7(5)12(14)15/h2*1-4,13H,(H3,9,11,16)/b2*10-4+. The second-order valence-electron chi connectivity index (χ2n) is 5.47. The summed E-state index contributed by atoms with van der Waals surface area (Å²) < 4.78 is 0. The molecule has 0 saturated carbocycles. The molecule has 8 N–H and O–H groups in total. The maximum Gasteiger partial charge on any atom is 0.278 e. The molecule has 2 rings (SSSR count). The Morgan fingerprint density at radius 2 is 1.19 bits per heavy atom. The molecule has 16 heteroatoms. The van der Waals surface area contributed by atoms with Crippen LogP contribution in [0.15, 0.2) is 46.6 Å². The van der Waals surface area contributed by atoms with Gasteiger partial charge in [0.2, 0.25) is 0 Å². The number of thiocarbonyl (C=S) groups is 2. The van der Waals surface area contributed by atoms with Crippen LogP contribution in [0.2, 0.25) is 0 Å². The van der Waals surface area contributed by atoms with Crippen molar-refractivity contribution in [3.63, 3.8) is 0 Å². The number of hydrogen-bond donors (Lipinski definition) is 6. The van der Waals surface area contributed by atoms with Crippen molar-refractivity contribution in [2.24, 2.45) is 21.7 Å². The molecule has 0 fully saturated rings. The zero-order valence-corrected chi connectivity index (χ0v) is 17.5. The quantitative estimate of drug-likeness (QED) is 0.147. The van der Waals surface area contributed by atoms with E-state index in [0.29, 0.717) is 0 Å². The molecule has 32 heavy (non-hydrogen) atoms. The molecule has 168 valence electrons. The Labute approximate surface area is 190 Å². The number of nitro benzene ring substituents is 2. The molecule has 0 spiro atoms. The lowest BCUT2D eigenvalue weighted by Gasteiger charge is -1.98. The van der Waals surface area contributed by atoms with Crippen molar-refractivity contribution in [2.75, 3.05) is 0 Å². The first kappa shape index (κ1) is 25.6. The molecule has 2 aromatic carbocycles. The van der Waals surface area contributed by atoms with Gasteiger partial charge < -0.3 is 21.7 Å². The van der Waals surface area contributed by atoms with Crippen LogP contribution in [0.4, 0.5) is 11.4 Å². The number of hydrogen-bond acceptors (Lipinski definition) is 10. The van der Waals surface area contributed by atoms with E-state index in [4.69, 9.17) is 11.5 Å². The monoisotopic (exact) mass is 480 g/mol. The number of benzene rings is 2. The van der Waals surface area contributed by atoms with Gasteiger partial charge in [-0.2, -0.15) is 10.2 Å². The molecule has 0 amide bonds. The van der Waals surface area contributed by atoms with Gasteiger partial charge in [-0.3, -0.25) is 31.1 Å². The Hall–Kier alpha value is -4.44. The SMILES string of the molecule is NC(=S)N/N=C/c1cc(O)ccc1[N+](=O)[O-].NC(=S)N/N=C/c1cc(O)ccc1[N+](=O)[O-]. The fourth-order valence-corrected chi connectivity index (χ4v) is 2.06.